The summed E-state index contributed by atoms with van der Waals surface area (Å²) in [5.74, 6) is 0. The highest BCUT2D eigenvalue weighted by molar-refractivity contribution is 6.65. The van der Waals surface area contributed by atoms with E-state index in [1.807, 2.05) is 0 Å². The fourth-order valence-corrected chi connectivity index (χ4v) is 0.734. The van der Waals surface area contributed by atoms with Crippen LogP contribution in [-0.2, 0) is 0 Å². The van der Waals surface area contributed by atoms with Crippen molar-refractivity contribution in [2.75, 3.05) is 0 Å². The number of nitrogens with zero attached hydrogens (tertiary/aromatic N) is 1. The highest BCUT2D eigenvalue weighted by atomic mass is 35.5. The molecule has 0 atom stereocenters. The molecule has 0 aromatic heterocycles. The molecule has 0 radical (unpaired) electrons. The SMILES string of the molecule is C=C(N)/C=C(/Cl)N=C(C)Cl. The smallest absolute Gasteiger partial charge is 0.132 e. The van der Waals surface area contributed by atoms with E-state index < -0.39 is 0 Å². The monoisotopic (exact) mass is 178 g/mol. The first-order chi connectivity index (χ1) is 4.52. The number of allylic oxidation sites excluding steroid dienone is 1. The zero-order valence-electron chi connectivity index (χ0n) is 5.56. The maximum absolute atomic E-state index is 5.52. The second-order valence-electron chi connectivity index (χ2n) is 1.65. The van der Waals surface area contributed by atoms with Crippen LogP contribution in [0.5, 0.6) is 0 Å². The molecule has 0 unspecified atom stereocenters. The van der Waals surface area contributed by atoms with Crippen LogP contribution in [0.1, 0.15) is 6.92 Å². The second kappa shape index (κ2) is 4.36. The normalized spacial score (nSPS) is 13.5. The number of halogens is 2. The largest absolute Gasteiger partial charge is 0.399 e. The first-order valence-electron chi connectivity index (χ1n) is 2.54. The zero-order valence-corrected chi connectivity index (χ0v) is 7.08. The molecule has 56 valence electrons. The Morgan fingerprint density at radius 3 is 2.40 bits per heavy atom. The van der Waals surface area contributed by atoms with Crippen LogP contribution in [0.15, 0.2) is 28.5 Å². The molecule has 0 saturated carbocycles. The van der Waals surface area contributed by atoms with Crippen molar-refractivity contribution in [3.63, 3.8) is 0 Å². The van der Waals surface area contributed by atoms with Crippen molar-refractivity contribution in [3.8, 4) is 0 Å². The molecule has 0 fully saturated rings. The van der Waals surface area contributed by atoms with Crippen molar-refractivity contribution in [1.29, 1.82) is 0 Å². The van der Waals surface area contributed by atoms with Gasteiger partial charge < -0.3 is 5.73 Å². The molecule has 0 saturated heterocycles. The summed E-state index contributed by atoms with van der Waals surface area (Å²) in [6.45, 7) is 5.03. The Kier molecular flexibility index (Phi) is 4.16. The Hall–Kier alpha value is -0.470. The van der Waals surface area contributed by atoms with E-state index in [2.05, 4.69) is 11.6 Å². The van der Waals surface area contributed by atoms with Crippen molar-refractivity contribution in [3.05, 3.63) is 23.5 Å². The van der Waals surface area contributed by atoms with Crippen molar-refractivity contribution in [2.24, 2.45) is 10.7 Å². The van der Waals surface area contributed by atoms with Gasteiger partial charge in [0, 0.05) is 5.70 Å². The van der Waals surface area contributed by atoms with Gasteiger partial charge in [0.2, 0.25) is 0 Å². The summed E-state index contributed by atoms with van der Waals surface area (Å²) in [4.78, 5) is 3.69. The quantitative estimate of drug-likeness (QED) is 0.393. The molecule has 0 aliphatic rings. The van der Waals surface area contributed by atoms with Crippen molar-refractivity contribution >= 4 is 28.4 Å². The van der Waals surface area contributed by atoms with E-state index in [1.165, 1.54) is 6.08 Å². The average Bonchev–Trinajstić information content (AvgIpc) is 1.58. The predicted octanol–water partition coefficient (Wildman–Crippen LogP) is 2.20. The lowest BCUT2D eigenvalue weighted by molar-refractivity contribution is 1.40. The van der Waals surface area contributed by atoms with Crippen LogP contribution in [0.3, 0.4) is 0 Å². The van der Waals surface area contributed by atoms with Gasteiger partial charge in [0.15, 0.2) is 0 Å². The number of hydrogen-bond acceptors (Lipinski definition) is 2. The summed E-state index contributed by atoms with van der Waals surface area (Å²) < 4.78 is 0. The average molecular weight is 179 g/mol. The van der Waals surface area contributed by atoms with Gasteiger partial charge in [-0.1, -0.05) is 29.8 Å². The number of hydrogen-bond donors (Lipinski definition) is 1. The maximum Gasteiger partial charge on any atom is 0.132 e. The molecule has 0 spiro atoms. The number of rotatable bonds is 2. The Morgan fingerprint density at radius 1 is 1.60 bits per heavy atom. The van der Waals surface area contributed by atoms with Crippen LogP contribution in [0, 0.1) is 0 Å². The number of nitrogens with two attached hydrogens (primary N) is 1. The minimum Gasteiger partial charge on any atom is -0.399 e. The summed E-state index contributed by atoms with van der Waals surface area (Å²) >= 11 is 10.9. The van der Waals surface area contributed by atoms with E-state index in [1.54, 1.807) is 6.92 Å². The summed E-state index contributed by atoms with van der Waals surface area (Å²) in [5, 5.41) is 0.600. The minimum absolute atomic E-state index is 0.236. The van der Waals surface area contributed by atoms with Gasteiger partial charge in [-0.05, 0) is 13.0 Å². The molecule has 10 heavy (non-hydrogen) atoms. The summed E-state index contributed by atoms with van der Waals surface area (Å²) in [6.07, 6.45) is 1.42. The fraction of sp³-hybridized carbons (Fsp3) is 0.167. The van der Waals surface area contributed by atoms with Crippen molar-refractivity contribution in [2.45, 2.75) is 6.92 Å². The zero-order chi connectivity index (χ0) is 8.15. The third-order valence-electron chi connectivity index (χ3n) is 0.565. The van der Waals surface area contributed by atoms with E-state index in [9.17, 15) is 0 Å². The summed E-state index contributed by atoms with van der Waals surface area (Å²) in [5.41, 5.74) is 5.55. The van der Waals surface area contributed by atoms with E-state index in [0.717, 1.165) is 0 Å². The van der Waals surface area contributed by atoms with Crippen LogP contribution >= 0.6 is 23.2 Å². The van der Waals surface area contributed by atoms with Gasteiger partial charge in [-0.2, -0.15) is 0 Å². The van der Waals surface area contributed by atoms with Gasteiger partial charge in [-0.15, -0.1) is 0 Å². The topological polar surface area (TPSA) is 38.4 Å². The van der Waals surface area contributed by atoms with Gasteiger partial charge in [0.1, 0.15) is 10.3 Å². The van der Waals surface area contributed by atoms with Gasteiger partial charge in [-0.25, -0.2) is 4.99 Å². The Balaban J connectivity index is 4.22. The highest BCUT2D eigenvalue weighted by Crippen LogP contribution is 2.05. The lowest BCUT2D eigenvalue weighted by Gasteiger charge is -1.89. The molecule has 2 nitrogen and oxygen atoms in total. The van der Waals surface area contributed by atoms with Crippen LogP contribution in [0.2, 0.25) is 0 Å². The lowest BCUT2D eigenvalue weighted by atomic mass is 10.5. The molecule has 0 aromatic carbocycles. The Bertz CT molecular complexity index is 190. The van der Waals surface area contributed by atoms with E-state index in [4.69, 9.17) is 28.9 Å². The molecule has 0 aliphatic heterocycles. The third-order valence-corrected chi connectivity index (χ3v) is 0.844. The molecule has 2 N–H and O–H groups in total. The van der Waals surface area contributed by atoms with Crippen LogP contribution in [0.4, 0.5) is 0 Å². The summed E-state index contributed by atoms with van der Waals surface area (Å²) in [7, 11) is 0. The van der Waals surface area contributed by atoms with Gasteiger partial charge in [0.05, 0.1) is 0 Å². The first kappa shape index (κ1) is 9.53. The second-order valence-corrected chi connectivity index (χ2v) is 2.59. The molecule has 0 amide bonds. The predicted molar refractivity (Wildman–Crippen MR) is 46.2 cm³/mol. The van der Waals surface area contributed by atoms with Gasteiger partial charge in [0.25, 0.3) is 0 Å². The molecule has 4 heteroatoms. The molecular weight excluding hydrogens is 171 g/mol. The van der Waals surface area contributed by atoms with Crippen LogP contribution < -0.4 is 5.73 Å². The number of aliphatic imine (C=N–C) groups is 1. The summed E-state index contributed by atoms with van der Waals surface area (Å²) in [6, 6.07) is 0. The third kappa shape index (κ3) is 5.66. The van der Waals surface area contributed by atoms with Crippen LogP contribution in [0.25, 0.3) is 0 Å². The molecule has 0 rings (SSSR count). The molecule has 0 bridgehead atoms. The Labute approximate surface area is 70.0 Å². The molecule has 0 aliphatic carbocycles. The van der Waals surface area contributed by atoms with E-state index in [-0.39, 0.29) is 5.16 Å². The van der Waals surface area contributed by atoms with Crippen molar-refractivity contribution in [1.82, 2.24) is 0 Å². The lowest BCUT2D eigenvalue weighted by Crippen LogP contribution is -1.89. The van der Waals surface area contributed by atoms with Gasteiger partial charge >= 0.3 is 0 Å². The first-order valence-corrected chi connectivity index (χ1v) is 3.30. The van der Waals surface area contributed by atoms with Crippen molar-refractivity contribution < 1.29 is 0 Å². The van der Waals surface area contributed by atoms with Crippen LogP contribution in [-0.4, -0.2) is 5.17 Å². The van der Waals surface area contributed by atoms with Gasteiger partial charge in [-0.3, -0.25) is 0 Å². The fourth-order valence-electron chi connectivity index (χ4n) is 0.332. The molecular formula is C6H8Cl2N2. The minimum atomic E-state index is 0.236. The highest BCUT2D eigenvalue weighted by Gasteiger charge is 1.87. The Morgan fingerprint density at radius 2 is 2.10 bits per heavy atom. The molecule has 0 aromatic rings. The molecule has 0 heterocycles. The maximum atomic E-state index is 5.52. The standard InChI is InChI=1S/C6H8Cl2N2/c1-4(9)3-6(8)10-5(2)7/h3H,1,9H2,2H3/b6-3-,10-5?. The van der Waals surface area contributed by atoms with E-state index >= 15 is 0 Å². The van der Waals surface area contributed by atoms with E-state index in [0.29, 0.717) is 10.9 Å².